The van der Waals surface area contributed by atoms with Gasteiger partial charge in [-0.3, -0.25) is 5.10 Å². The summed E-state index contributed by atoms with van der Waals surface area (Å²) in [5, 5.41) is 6.72. The predicted molar refractivity (Wildman–Crippen MR) is 72.6 cm³/mol. The summed E-state index contributed by atoms with van der Waals surface area (Å²) in [6.45, 7) is 0.534. The molecule has 19 heavy (non-hydrogen) atoms. The lowest BCUT2D eigenvalue weighted by molar-refractivity contribution is 0.307. The van der Waals surface area contributed by atoms with Gasteiger partial charge in [-0.1, -0.05) is 42.5 Å². The van der Waals surface area contributed by atoms with E-state index in [2.05, 4.69) is 15.2 Å². The Labute approximate surface area is 111 Å². The second kappa shape index (κ2) is 5.35. The van der Waals surface area contributed by atoms with Gasteiger partial charge in [-0.15, -0.1) is 0 Å². The zero-order valence-corrected chi connectivity index (χ0v) is 10.3. The number of aromatic nitrogens is 3. The van der Waals surface area contributed by atoms with Crippen molar-refractivity contribution < 1.29 is 4.74 Å². The maximum atomic E-state index is 5.86. The van der Waals surface area contributed by atoms with Crippen LogP contribution < -0.4 is 4.74 Å². The Kier molecular flexibility index (Phi) is 3.23. The van der Waals surface area contributed by atoms with Crippen molar-refractivity contribution in [2.45, 2.75) is 6.61 Å². The Bertz CT molecular complexity index is 636. The van der Waals surface area contributed by atoms with Gasteiger partial charge in [-0.05, 0) is 17.7 Å². The number of hydrogen-bond donors (Lipinski definition) is 1. The van der Waals surface area contributed by atoms with Crippen molar-refractivity contribution in [1.29, 1.82) is 0 Å². The number of nitrogens with one attached hydrogen (secondary N) is 1. The van der Waals surface area contributed by atoms with Crippen LogP contribution in [0.2, 0.25) is 0 Å². The molecular weight excluding hydrogens is 238 g/mol. The molecule has 0 aliphatic carbocycles. The topological polar surface area (TPSA) is 50.8 Å². The van der Waals surface area contributed by atoms with E-state index in [0.717, 1.165) is 16.9 Å². The Morgan fingerprint density at radius 1 is 0.947 bits per heavy atom. The van der Waals surface area contributed by atoms with Crippen LogP contribution in [0, 0.1) is 0 Å². The van der Waals surface area contributed by atoms with Crippen LogP contribution in [0.4, 0.5) is 0 Å². The van der Waals surface area contributed by atoms with Crippen molar-refractivity contribution in [3.63, 3.8) is 0 Å². The predicted octanol–water partition coefficient (Wildman–Crippen LogP) is 3.05. The second-order valence-corrected chi connectivity index (χ2v) is 4.10. The fourth-order valence-electron chi connectivity index (χ4n) is 1.86. The van der Waals surface area contributed by atoms with Gasteiger partial charge < -0.3 is 4.74 Å². The van der Waals surface area contributed by atoms with Gasteiger partial charge >= 0.3 is 0 Å². The minimum absolute atomic E-state index is 0.534. The van der Waals surface area contributed by atoms with E-state index in [1.54, 1.807) is 0 Å². The molecule has 0 aliphatic heterocycles. The van der Waals surface area contributed by atoms with Crippen LogP contribution >= 0.6 is 0 Å². The number of aromatic amines is 1. The monoisotopic (exact) mass is 251 g/mol. The molecule has 0 amide bonds. The van der Waals surface area contributed by atoms with Gasteiger partial charge in [0.15, 0.2) is 5.82 Å². The highest BCUT2D eigenvalue weighted by atomic mass is 16.5. The lowest BCUT2D eigenvalue weighted by Gasteiger charge is -2.09. The third-order valence-electron chi connectivity index (χ3n) is 2.79. The average molecular weight is 251 g/mol. The first kappa shape index (κ1) is 11.5. The Hall–Kier alpha value is -2.62. The molecule has 0 saturated heterocycles. The SMILES string of the molecule is c1ccc(COc2ccccc2-c2ncn[nH]2)cc1. The van der Waals surface area contributed by atoms with Crippen molar-refractivity contribution in [1.82, 2.24) is 15.2 Å². The molecule has 0 aliphatic rings. The molecule has 4 nitrogen and oxygen atoms in total. The summed E-state index contributed by atoms with van der Waals surface area (Å²) in [4.78, 5) is 4.16. The van der Waals surface area contributed by atoms with Crippen molar-refractivity contribution in [2.24, 2.45) is 0 Å². The third-order valence-corrected chi connectivity index (χ3v) is 2.79. The van der Waals surface area contributed by atoms with E-state index < -0.39 is 0 Å². The summed E-state index contributed by atoms with van der Waals surface area (Å²) < 4.78 is 5.86. The van der Waals surface area contributed by atoms with Crippen molar-refractivity contribution in [3.05, 3.63) is 66.5 Å². The summed E-state index contributed by atoms with van der Waals surface area (Å²) in [5.74, 6) is 1.51. The van der Waals surface area contributed by atoms with Gasteiger partial charge in [0.1, 0.15) is 18.7 Å². The van der Waals surface area contributed by atoms with Gasteiger partial charge in [-0.2, -0.15) is 5.10 Å². The standard InChI is InChI=1S/C15H13N3O/c1-2-6-12(7-3-1)10-19-14-9-5-4-8-13(14)15-16-11-17-18-15/h1-9,11H,10H2,(H,16,17,18). The molecule has 0 bridgehead atoms. The first-order valence-corrected chi connectivity index (χ1v) is 6.05. The third kappa shape index (κ3) is 2.63. The second-order valence-electron chi connectivity index (χ2n) is 4.10. The van der Waals surface area contributed by atoms with Gasteiger partial charge in [0, 0.05) is 0 Å². The number of H-pyrrole nitrogens is 1. The quantitative estimate of drug-likeness (QED) is 0.775. The number of benzene rings is 2. The minimum Gasteiger partial charge on any atom is -0.488 e. The smallest absolute Gasteiger partial charge is 0.159 e. The normalized spacial score (nSPS) is 10.3. The number of ether oxygens (including phenoxy) is 1. The van der Waals surface area contributed by atoms with Crippen LogP contribution in [0.3, 0.4) is 0 Å². The maximum absolute atomic E-state index is 5.86. The molecular formula is C15H13N3O. The molecule has 0 radical (unpaired) electrons. The van der Waals surface area contributed by atoms with E-state index in [0.29, 0.717) is 12.4 Å². The van der Waals surface area contributed by atoms with Gasteiger partial charge in [0.25, 0.3) is 0 Å². The van der Waals surface area contributed by atoms with Crippen LogP contribution in [0.5, 0.6) is 5.75 Å². The first-order chi connectivity index (χ1) is 9.43. The molecule has 1 aromatic heterocycles. The molecule has 0 fully saturated rings. The van der Waals surface area contributed by atoms with Crippen LogP contribution in [-0.2, 0) is 6.61 Å². The van der Waals surface area contributed by atoms with Gasteiger partial charge in [0.2, 0.25) is 0 Å². The summed E-state index contributed by atoms with van der Waals surface area (Å²) in [6, 6.07) is 17.9. The van der Waals surface area contributed by atoms with Crippen LogP contribution in [0.25, 0.3) is 11.4 Å². The minimum atomic E-state index is 0.534. The summed E-state index contributed by atoms with van der Waals surface area (Å²) in [7, 11) is 0. The Balaban J connectivity index is 1.82. The fourth-order valence-corrected chi connectivity index (χ4v) is 1.86. The lowest BCUT2D eigenvalue weighted by Crippen LogP contribution is -1.97. The maximum Gasteiger partial charge on any atom is 0.159 e. The van der Waals surface area contributed by atoms with Gasteiger partial charge in [-0.25, -0.2) is 4.98 Å². The summed E-state index contributed by atoms with van der Waals surface area (Å²) >= 11 is 0. The Morgan fingerprint density at radius 3 is 2.53 bits per heavy atom. The molecule has 0 spiro atoms. The van der Waals surface area contributed by atoms with E-state index in [1.165, 1.54) is 6.33 Å². The van der Waals surface area contributed by atoms with Crippen LogP contribution in [0.15, 0.2) is 60.9 Å². The molecule has 4 heteroatoms. The molecule has 0 unspecified atom stereocenters. The largest absolute Gasteiger partial charge is 0.488 e. The lowest BCUT2D eigenvalue weighted by atomic mass is 10.2. The molecule has 3 rings (SSSR count). The van der Waals surface area contributed by atoms with Crippen molar-refractivity contribution >= 4 is 0 Å². The van der Waals surface area contributed by atoms with Gasteiger partial charge in [0.05, 0.1) is 5.56 Å². The number of hydrogen-bond acceptors (Lipinski definition) is 3. The molecule has 2 aromatic carbocycles. The molecule has 1 N–H and O–H groups in total. The average Bonchev–Trinajstić information content (AvgIpc) is 3.01. The highest BCUT2D eigenvalue weighted by molar-refractivity contribution is 5.63. The first-order valence-electron chi connectivity index (χ1n) is 6.05. The highest BCUT2D eigenvalue weighted by Gasteiger charge is 2.08. The number of rotatable bonds is 4. The molecule has 1 heterocycles. The summed E-state index contributed by atoms with van der Waals surface area (Å²) in [5.41, 5.74) is 2.05. The van der Waals surface area contributed by atoms with E-state index in [-0.39, 0.29) is 0 Å². The summed E-state index contributed by atoms with van der Waals surface area (Å²) in [6.07, 6.45) is 1.49. The van der Waals surface area contributed by atoms with E-state index in [9.17, 15) is 0 Å². The Morgan fingerprint density at radius 2 is 1.74 bits per heavy atom. The van der Waals surface area contributed by atoms with Crippen LogP contribution in [0.1, 0.15) is 5.56 Å². The van der Waals surface area contributed by atoms with E-state index in [1.807, 2.05) is 54.6 Å². The molecule has 0 saturated carbocycles. The molecule has 0 atom stereocenters. The van der Waals surface area contributed by atoms with Crippen molar-refractivity contribution in [2.75, 3.05) is 0 Å². The number of para-hydroxylation sites is 1. The highest BCUT2D eigenvalue weighted by Crippen LogP contribution is 2.27. The number of nitrogens with zero attached hydrogens (tertiary/aromatic N) is 2. The van der Waals surface area contributed by atoms with Crippen molar-refractivity contribution in [3.8, 4) is 17.1 Å². The molecule has 94 valence electrons. The van der Waals surface area contributed by atoms with Crippen LogP contribution in [-0.4, -0.2) is 15.2 Å². The van der Waals surface area contributed by atoms with E-state index in [4.69, 9.17) is 4.74 Å². The fraction of sp³-hybridized carbons (Fsp3) is 0.0667. The zero-order chi connectivity index (χ0) is 12.9. The van der Waals surface area contributed by atoms with E-state index >= 15 is 0 Å². The molecule has 3 aromatic rings. The zero-order valence-electron chi connectivity index (χ0n) is 10.3.